The molecule has 0 radical (unpaired) electrons. The first-order chi connectivity index (χ1) is 13.3. The van der Waals surface area contributed by atoms with Crippen LogP contribution < -0.4 is 14.8 Å². The molecule has 0 saturated carbocycles. The van der Waals surface area contributed by atoms with Crippen molar-refractivity contribution in [3.63, 3.8) is 0 Å². The van der Waals surface area contributed by atoms with Gasteiger partial charge in [-0.3, -0.25) is 4.79 Å². The average Bonchev–Trinajstić information content (AvgIpc) is 2.68. The number of amides is 1. The summed E-state index contributed by atoms with van der Waals surface area (Å²) in [7, 11) is 5.23. The first-order valence-corrected chi connectivity index (χ1v) is 9.02. The lowest BCUT2D eigenvalue weighted by Crippen LogP contribution is -2.34. The van der Waals surface area contributed by atoms with Gasteiger partial charge in [-0.1, -0.05) is 31.2 Å². The number of ether oxygens (including phenoxy) is 2. The van der Waals surface area contributed by atoms with Crippen molar-refractivity contribution in [2.45, 2.75) is 26.0 Å². The van der Waals surface area contributed by atoms with Crippen molar-refractivity contribution in [1.29, 1.82) is 0 Å². The molecule has 0 fully saturated rings. The quantitative estimate of drug-likeness (QED) is 0.703. The molecule has 0 heterocycles. The highest BCUT2D eigenvalue weighted by atomic mass is 19.3. The summed E-state index contributed by atoms with van der Waals surface area (Å²) in [6.45, 7) is -0.465. The van der Waals surface area contributed by atoms with Gasteiger partial charge >= 0.3 is 6.61 Å². The van der Waals surface area contributed by atoms with Crippen molar-refractivity contribution >= 4 is 5.91 Å². The number of alkyl halides is 2. The minimum atomic E-state index is -2.96. The molecule has 152 valence electrons. The lowest BCUT2D eigenvalue weighted by Gasteiger charge is -2.25. The Bertz CT molecular complexity index is 780. The molecule has 0 spiro atoms. The number of hydrogen-bond acceptors (Lipinski definition) is 4. The van der Waals surface area contributed by atoms with Gasteiger partial charge in [-0.15, -0.1) is 0 Å². The van der Waals surface area contributed by atoms with E-state index in [1.807, 2.05) is 19.0 Å². The fourth-order valence-electron chi connectivity index (χ4n) is 2.87. The van der Waals surface area contributed by atoms with Crippen molar-refractivity contribution < 1.29 is 23.0 Å². The highest BCUT2D eigenvalue weighted by Crippen LogP contribution is 2.29. The van der Waals surface area contributed by atoms with Crippen LogP contribution in [-0.2, 0) is 6.42 Å². The van der Waals surface area contributed by atoms with Crippen LogP contribution in [0.4, 0.5) is 8.78 Å². The van der Waals surface area contributed by atoms with Crippen molar-refractivity contribution in [3.8, 4) is 11.5 Å². The summed E-state index contributed by atoms with van der Waals surface area (Å²) in [5.41, 5.74) is 2.65. The molecule has 2 rings (SSSR count). The molecule has 0 aliphatic rings. The maximum Gasteiger partial charge on any atom is 0.387 e. The van der Waals surface area contributed by atoms with Gasteiger partial charge in [-0.05, 0) is 49.8 Å². The van der Waals surface area contributed by atoms with Crippen LogP contribution in [0.1, 0.15) is 34.5 Å². The Morgan fingerprint density at radius 2 is 1.79 bits per heavy atom. The average molecular weight is 392 g/mol. The third-order valence-electron chi connectivity index (χ3n) is 4.49. The molecule has 7 heteroatoms. The van der Waals surface area contributed by atoms with Crippen molar-refractivity contribution in [2.75, 3.05) is 27.7 Å². The number of carbonyl (C=O) groups is 1. The lowest BCUT2D eigenvalue weighted by atomic mass is 10.0. The summed E-state index contributed by atoms with van der Waals surface area (Å²) in [6, 6.07) is 12.4. The summed E-state index contributed by atoms with van der Waals surface area (Å²) in [4.78, 5) is 14.6. The predicted octanol–water partition coefficient (Wildman–Crippen LogP) is 3.89. The van der Waals surface area contributed by atoms with Crippen LogP contribution in [0.15, 0.2) is 42.5 Å². The maximum atomic E-state index is 12.5. The second-order valence-corrected chi connectivity index (χ2v) is 6.53. The largest absolute Gasteiger partial charge is 0.493 e. The number of rotatable bonds is 9. The van der Waals surface area contributed by atoms with E-state index in [-0.39, 0.29) is 23.4 Å². The van der Waals surface area contributed by atoms with Gasteiger partial charge in [-0.25, -0.2) is 0 Å². The van der Waals surface area contributed by atoms with Crippen molar-refractivity contribution in [3.05, 3.63) is 59.2 Å². The van der Waals surface area contributed by atoms with E-state index in [4.69, 9.17) is 4.74 Å². The number of likely N-dealkylation sites (N-methyl/N-ethyl adjacent to an activating group) is 1. The molecule has 0 bridgehead atoms. The number of halogens is 2. The van der Waals surface area contributed by atoms with Crippen LogP contribution >= 0.6 is 0 Å². The van der Waals surface area contributed by atoms with E-state index >= 15 is 0 Å². The molecule has 1 N–H and O–H groups in total. The first-order valence-electron chi connectivity index (χ1n) is 9.02. The molecular weight excluding hydrogens is 366 g/mol. The minimum absolute atomic E-state index is 0.00167. The van der Waals surface area contributed by atoms with Gasteiger partial charge in [0.15, 0.2) is 11.5 Å². The number of nitrogens with zero attached hydrogens (tertiary/aromatic N) is 1. The molecule has 2 aromatic rings. The molecule has 28 heavy (non-hydrogen) atoms. The monoisotopic (exact) mass is 392 g/mol. The van der Waals surface area contributed by atoms with Gasteiger partial charge in [0.25, 0.3) is 5.91 Å². The van der Waals surface area contributed by atoms with Gasteiger partial charge < -0.3 is 19.7 Å². The van der Waals surface area contributed by atoms with E-state index in [0.717, 1.165) is 12.0 Å². The van der Waals surface area contributed by atoms with E-state index in [2.05, 4.69) is 41.2 Å². The van der Waals surface area contributed by atoms with E-state index in [9.17, 15) is 13.6 Å². The lowest BCUT2D eigenvalue weighted by molar-refractivity contribution is -0.0512. The molecular formula is C21H26F2N2O3. The highest BCUT2D eigenvalue weighted by molar-refractivity contribution is 5.94. The summed E-state index contributed by atoms with van der Waals surface area (Å²) < 4.78 is 34.3. The fraction of sp³-hybridized carbons (Fsp3) is 0.381. The van der Waals surface area contributed by atoms with Crippen LogP contribution in [0, 0.1) is 0 Å². The first kappa shape index (κ1) is 21.6. The Morgan fingerprint density at radius 1 is 1.11 bits per heavy atom. The number of methoxy groups -OCH3 is 1. The van der Waals surface area contributed by atoms with E-state index in [1.54, 1.807) is 0 Å². The van der Waals surface area contributed by atoms with E-state index in [0.29, 0.717) is 12.1 Å². The second kappa shape index (κ2) is 10.0. The number of carbonyl (C=O) groups excluding carboxylic acids is 1. The predicted molar refractivity (Wildman–Crippen MR) is 104 cm³/mol. The molecule has 0 aliphatic carbocycles. The van der Waals surface area contributed by atoms with Crippen LogP contribution in [0.2, 0.25) is 0 Å². The SMILES string of the molecule is CCc1ccc(C(CNC(=O)c2ccc(OC(F)F)c(OC)c2)N(C)C)cc1. The van der Waals surface area contributed by atoms with E-state index < -0.39 is 6.61 Å². The number of benzene rings is 2. The van der Waals surface area contributed by atoms with Crippen molar-refractivity contribution in [1.82, 2.24) is 10.2 Å². The van der Waals surface area contributed by atoms with Crippen LogP contribution in [0.5, 0.6) is 11.5 Å². The number of hydrogen-bond donors (Lipinski definition) is 1. The standard InChI is InChI=1S/C21H26F2N2O3/c1-5-14-6-8-15(9-7-14)17(25(2)3)13-24-20(26)16-10-11-18(28-21(22)23)19(12-16)27-4/h6-12,17,21H,5,13H2,1-4H3,(H,24,26). The van der Waals surface area contributed by atoms with Gasteiger partial charge in [-0.2, -0.15) is 8.78 Å². The molecule has 1 atom stereocenters. The molecule has 5 nitrogen and oxygen atoms in total. The van der Waals surface area contributed by atoms with Crippen LogP contribution in [-0.4, -0.2) is 45.2 Å². The Kier molecular flexibility index (Phi) is 7.75. The molecule has 2 aromatic carbocycles. The third-order valence-corrected chi connectivity index (χ3v) is 4.49. The summed E-state index contributed by atoms with van der Waals surface area (Å²) in [6.07, 6.45) is 0.969. The normalized spacial score (nSPS) is 12.1. The number of aryl methyl sites for hydroxylation is 1. The summed E-state index contributed by atoms with van der Waals surface area (Å²) in [5, 5.41) is 2.89. The maximum absolute atomic E-state index is 12.5. The van der Waals surface area contributed by atoms with Gasteiger partial charge in [0.05, 0.1) is 13.2 Å². The zero-order chi connectivity index (χ0) is 20.7. The molecule has 1 unspecified atom stereocenters. The zero-order valence-corrected chi connectivity index (χ0v) is 16.5. The molecule has 0 aliphatic heterocycles. The Morgan fingerprint density at radius 3 is 2.32 bits per heavy atom. The summed E-state index contributed by atoms with van der Waals surface area (Å²) >= 11 is 0. The zero-order valence-electron chi connectivity index (χ0n) is 16.5. The topological polar surface area (TPSA) is 50.8 Å². The Hall–Kier alpha value is -2.67. The fourth-order valence-corrected chi connectivity index (χ4v) is 2.87. The Labute approximate surface area is 164 Å². The molecule has 1 amide bonds. The van der Waals surface area contributed by atoms with Crippen molar-refractivity contribution in [2.24, 2.45) is 0 Å². The minimum Gasteiger partial charge on any atom is -0.493 e. The van der Waals surface area contributed by atoms with Crippen LogP contribution in [0.3, 0.4) is 0 Å². The highest BCUT2D eigenvalue weighted by Gasteiger charge is 2.18. The smallest absolute Gasteiger partial charge is 0.387 e. The van der Waals surface area contributed by atoms with Crippen LogP contribution in [0.25, 0.3) is 0 Å². The second-order valence-electron chi connectivity index (χ2n) is 6.53. The molecule has 0 aromatic heterocycles. The third kappa shape index (κ3) is 5.66. The van der Waals surface area contributed by atoms with Gasteiger partial charge in [0, 0.05) is 12.1 Å². The van der Waals surface area contributed by atoms with Gasteiger partial charge in [0.2, 0.25) is 0 Å². The van der Waals surface area contributed by atoms with E-state index in [1.165, 1.54) is 30.9 Å². The number of nitrogens with one attached hydrogen (secondary N) is 1. The Balaban J connectivity index is 2.09. The summed E-state index contributed by atoms with van der Waals surface area (Å²) in [5.74, 6) is -0.359. The van der Waals surface area contributed by atoms with Gasteiger partial charge in [0.1, 0.15) is 0 Å². The molecule has 0 saturated heterocycles.